The van der Waals surface area contributed by atoms with Gasteiger partial charge in [-0.2, -0.15) is 5.10 Å². The fourth-order valence-corrected chi connectivity index (χ4v) is 3.53. The summed E-state index contributed by atoms with van der Waals surface area (Å²) in [5.74, 6) is 0.300. The summed E-state index contributed by atoms with van der Waals surface area (Å²) in [6, 6.07) is 0. The van der Waals surface area contributed by atoms with E-state index in [1.165, 1.54) is 18.0 Å². The first-order chi connectivity index (χ1) is 8.92. The molecule has 0 amide bonds. The van der Waals surface area contributed by atoms with Crippen LogP contribution in [0, 0.1) is 5.92 Å². The second-order valence-electron chi connectivity index (χ2n) is 4.74. The number of hydrogen-bond donors (Lipinski definition) is 0. The molecule has 0 bridgehead atoms. The number of carbonyl (C=O) groups is 1. The molecule has 1 aromatic rings. The zero-order valence-corrected chi connectivity index (χ0v) is 12.3. The Morgan fingerprint density at radius 1 is 1.47 bits per heavy atom. The molecule has 0 saturated heterocycles. The van der Waals surface area contributed by atoms with Crippen molar-refractivity contribution in [3.8, 4) is 0 Å². The van der Waals surface area contributed by atoms with Crippen LogP contribution in [0.1, 0.15) is 30.6 Å². The van der Waals surface area contributed by atoms with Gasteiger partial charge in [-0.05, 0) is 12.3 Å². The Morgan fingerprint density at radius 2 is 2.16 bits per heavy atom. The molecule has 0 aliphatic heterocycles. The number of methoxy groups -OCH3 is 1. The lowest BCUT2D eigenvalue weighted by Crippen LogP contribution is -2.18. The number of aldehydes is 1. The molecule has 0 atom stereocenters. The molecule has 6 nitrogen and oxygen atoms in total. The lowest BCUT2D eigenvalue weighted by molar-refractivity contribution is 0.111. The summed E-state index contributed by atoms with van der Waals surface area (Å²) in [5.41, 5.74) is 0.111. The van der Waals surface area contributed by atoms with Gasteiger partial charge < -0.3 is 4.74 Å². The molecule has 0 unspecified atom stereocenters. The molecule has 0 aliphatic carbocycles. The molecule has 1 aromatic heterocycles. The van der Waals surface area contributed by atoms with Gasteiger partial charge >= 0.3 is 0 Å². The van der Waals surface area contributed by atoms with Gasteiger partial charge in [0.2, 0.25) is 0 Å². The lowest BCUT2D eigenvalue weighted by Gasteiger charge is -2.10. The summed E-state index contributed by atoms with van der Waals surface area (Å²) >= 11 is 0. The predicted octanol–water partition coefficient (Wildman–Crippen LogP) is 1.16. The normalized spacial score (nSPS) is 12.0. The first-order valence-electron chi connectivity index (χ1n) is 6.15. The van der Waals surface area contributed by atoms with Crippen molar-refractivity contribution < 1.29 is 17.9 Å². The van der Waals surface area contributed by atoms with Crippen LogP contribution in [-0.4, -0.2) is 44.0 Å². The van der Waals surface area contributed by atoms with E-state index in [-0.39, 0.29) is 22.3 Å². The van der Waals surface area contributed by atoms with E-state index in [2.05, 4.69) is 5.10 Å². The van der Waals surface area contributed by atoms with Crippen LogP contribution >= 0.6 is 0 Å². The lowest BCUT2D eigenvalue weighted by atomic mass is 10.2. The van der Waals surface area contributed by atoms with Crippen molar-refractivity contribution in [2.75, 3.05) is 19.5 Å². The monoisotopic (exact) mass is 288 g/mol. The minimum Gasteiger partial charge on any atom is -0.383 e. The molecule has 1 heterocycles. The number of sulfone groups is 1. The van der Waals surface area contributed by atoms with E-state index in [1.54, 1.807) is 0 Å². The summed E-state index contributed by atoms with van der Waals surface area (Å²) in [4.78, 5) is 11.0. The molecule has 0 saturated carbocycles. The first-order valence-corrected chi connectivity index (χ1v) is 7.80. The first kappa shape index (κ1) is 15.8. The summed E-state index contributed by atoms with van der Waals surface area (Å²) in [6.07, 6.45) is 2.36. The third-order valence-electron chi connectivity index (χ3n) is 2.71. The molecule has 19 heavy (non-hydrogen) atoms. The second-order valence-corrected chi connectivity index (χ2v) is 6.76. The minimum absolute atomic E-state index is 0.000185. The van der Waals surface area contributed by atoms with Crippen molar-refractivity contribution in [2.24, 2.45) is 5.92 Å². The van der Waals surface area contributed by atoms with E-state index >= 15 is 0 Å². The van der Waals surface area contributed by atoms with Crippen molar-refractivity contribution in [1.29, 1.82) is 0 Å². The van der Waals surface area contributed by atoms with Crippen LogP contribution < -0.4 is 0 Å². The van der Waals surface area contributed by atoms with Gasteiger partial charge in [0.15, 0.2) is 21.1 Å². The van der Waals surface area contributed by atoms with Crippen molar-refractivity contribution in [3.63, 3.8) is 0 Å². The molecule has 1 rings (SSSR count). The molecule has 7 heteroatoms. The van der Waals surface area contributed by atoms with Crippen LogP contribution in [-0.2, 0) is 21.1 Å². The van der Waals surface area contributed by atoms with Gasteiger partial charge in [-0.3, -0.25) is 9.48 Å². The highest BCUT2D eigenvalue weighted by molar-refractivity contribution is 7.91. The SMILES string of the molecule is COCCn1ncc(C=O)c1S(=O)(=O)CCC(C)C. The fourth-order valence-electron chi connectivity index (χ4n) is 1.63. The number of aromatic nitrogens is 2. The largest absolute Gasteiger partial charge is 0.383 e. The highest BCUT2D eigenvalue weighted by Crippen LogP contribution is 2.18. The topological polar surface area (TPSA) is 78.3 Å². The van der Waals surface area contributed by atoms with Gasteiger partial charge in [-0.1, -0.05) is 13.8 Å². The van der Waals surface area contributed by atoms with Crippen LogP contribution in [0.15, 0.2) is 11.2 Å². The van der Waals surface area contributed by atoms with Crippen LogP contribution in [0.3, 0.4) is 0 Å². The van der Waals surface area contributed by atoms with E-state index in [4.69, 9.17) is 4.74 Å². The molecular weight excluding hydrogens is 268 g/mol. The van der Waals surface area contributed by atoms with E-state index in [9.17, 15) is 13.2 Å². The maximum atomic E-state index is 12.3. The Balaban J connectivity index is 3.07. The zero-order chi connectivity index (χ0) is 14.5. The van der Waals surface area contributed by atoms with Crippen LogP contribution in [0.2, 0.25) is 0 Å². The highest BCUT2D eigenvalue weighted by Gasteiger charge is 2.24. The number of carbonyl (C=O) groups excluding carboxylic acids is 1. The van der Waals surface area contributed by atoms with Crippen LogP contribution in [0.5, 0.6) is 0 Å². The quantitative estimate of drug-likeness (QED) is 0.671. The molecule has 0 fully saturated rings. The standard InChI is InChI=1S/C12H20N2O4S/c1-10(2)4-7-19(16,17)12-11(9-15)8-13-14(12)5-6-18-3/h8-10H,4-7H2,1-3H3. The van der Waals surface area contributed by atoms with Crippen molar-refractivity contribution in [3.05, 3.63) is 11.8 Å². The Labute approximate surface area is 113 Å². The Kier molecular flexibility index (Phi) is 5.68. The van der Waals surface area contributed by atoms with Crippen molar-refractivity contribution in [1.82, 2.24) is 9.78 Å². The maximum Gasteiger partial charge on any atom is 0.196 e. The fraction of sp³-hybridized carbons (Fsp3) is 0.667. The van der Waals surface area contributed by atoms with Crippen molar-refractivity contribution >= 4 is 16.1 Å². The third kappa shape index (κ3) is 4.14. The summed E-state index contributed by atoms with van der Waals surface area (Å²) in [5, 5.41) is 3.94. The van der Waals surface area contributed by atoms with Gasteiger partial charge in [0.1, 0.15) is 0 Å². The number of ether oxygens (including phenoxy) is 1. The molecule has 0 spiro atoms. The number of hydrogen-bond acceptors (Lipinski definition) is 5. The van der Waals surface area contributed by atoms with Gasteiger partial charge in [-0.25, -0.2) is 8.42 Å². The molecule has 0 radical (unpaired) electrons. The average molecular weight is 288 g/mol. The van der Waals surface area contributed by atoms with Gasteiger partial charge in [0.25, 0.3) is 0 Å². The Morgan fingerprint density at radius 3 is 2.68 bits per heavy atom. The summed E-state index contributed by atoms with van der Waals surface area (Å²) in [7, 11) is -1.98. The van der Waals surface area contributed by atoms with Crippen LogP contribution in [0.4, 0.5) is 0 Å². The van der Waals surface area contributed by atoms with Gasteiger partial charge in [0.05, 0.1) is 30.7 Å². The predicted molar refractivity (Wildman–Crippen MR) is 71.0 cm³/mol. The van der Waals surface area contributed by atoms with E-state index in [0.717, 1.165) is 0 Å². The maximum absolute atomic E-state index is 12.3. The smallest absolute Gasteiger partial charge is 0.196 e. The zero-order valence-electron chi connectivity index (χ0n) is 11.5. The van der Waals surface area contributed by atoms with E-state index in [1.807, 2.05) is 13.8 Å². The van der Waals surface area contributed by atoms with E-state index < -0.39 is 9.84 Å². The Hall–Kier alpha value is -1.21. The molecular formula is C12H20N2O4S. The van der Waals surface area contributed by atoms with Crippen LogP contribution in [0.25, 0.3) is 0 Å². The van der Waals surface area contributed by atoms with Gasteiger partial charge in [-0.15, -0.1) is 0 Å². The van der Waals surface area contributed by atoms with Crippen molar-refractivity contribution in [2.45, 2.75) is 31.8 Å². The molecule has 0 aliphatic rings. The number of rotatable bonds is 8. The minimum atomic E-state index is -3.50. The molecule has 108 valence electrons. The molecule has 0 N–H and O–H groups in total. The Bertz CT molecular complexity index is 520. The third-order valence-corrected chi connectivity index (χ3v) is 4.52. The second kappa shape index (κ2) is 6.81. The summed E-state index contributed by atoms with van der Waals surface area (Å²) in [6.45, 7) is 4.56. The molecule has 0 aromatic carbocycles. The van der Waals surface area contributed by atoms with Gasteiger partial charge in [0, 0.05) is 7.11 Å². The number of nitrogens with zero attached hydrogens (tertiary/aromatic N) is 2. The van der Waals surface area contributed by atoms with E-state index in [0.29, 0.717) is 25.9 Å². The highest BCUT2D eigenvalue weighted by atomic mass is 32.2. The average Bonchev–Trinajstić information content (AvgIpc) is 2.77. The summed E-state index contributed by atoms with van der Waals surface area (Å²) < 4.78 is 30.8.